The SMILES string of the molecule is CC1CC(CN)CN1C(=O)CNC(=O)C1CCCCC1. The van der Waals surface area contributed by atoms with Gasteiger partial charge in [-0.25, -0.2) is 0 Å². The summed E-state index contributed by atoms with van der Waals surface area (Å²) in [6.07, 6.45) is 6.40. The molecule has 2 amide bonds. The molecule has 0 spiro atoms. The Kier molecular flexibility index (Phi) is 5.40. The van der Waals surface area contributed by atoms with Crippen LogP contribution in [0.3, 0.4) is 0 Å². The number of nitrogens with one attached hydrogen (secondary N) is 1. The number of amides is 2. The largest absolute Gasteiger partial charge is 0.347 e. The summed E-state index contributed by atoms with van der Waals surface area (Å²) in [5.41, 5.74) is 5.67. The molecule has 2 rings (SSSR count). The Balaban J connectivity index is 1.75. The molecule has 5 heteroatoms. The molecule has 0 aromatic heterocycles. The van der Waals surface area contributed by atoms with Crippen molar-refractivity contribution in [2.24, 2.45) is 17.6 Å². The first-order chi connectivity index (χ1) is 9.61. The topological polar surface area (TPSA) is 75.4 Å². The van der Waals surface area contributed by atoms with Crippen molar-refractivity contribution in [3.63, 3.8) is 0 Å². The van der Waals surface area contributed by atoms with Crippen molar-refractivity contribution in [3.8, 4) is 0 Å². The highest BCUT2D eigenvalue weighted by Crippen LogP contribution is 2.24. The van der Waals surface area contributed by atoms with Crippen LogP contribution in [-0.4, -0.2) is 42.4 Å². The zero-order valence-corrected chi connectivity index (χ0v) is 12.4. The van der Waals surface area contributed by atoms with Crippen molar-refractivity contribution in [1.82, 2.24) is 10.2 Å². The molecule has 2 unspecified atom stereocenters. The summed E-state index contributed by atoms with van der Waals surface area (Å²) in [7, 11) is 0. The predicted molar refractivity (Wildman–Crippen MR) is 77.9 cm³/mol. The van der Waals surface area contributed by atoms with E-state index in [2.05, 4.69) is 12.2 Å². The van der Waals surface area contributed by atoms with Crippen molar-refractivity contribution in [1.29, 1.82) is 0 Å². The molecule has 1 heterocycles. The van der Waals surface area contributed by atoms with Gasteiger partial charge in [0.05, 0.1) is 6.54 Å². The molecule has 2 atom stereocenters. The minimum atomic E-state index is 0.0256. The van der Waals surface area contributed by atoms with Crippen molar-refractivity contribution >= 4 is 11.8 Å². The molecule has 0 bridgehead atoms. The average Bonchev–Trinajstić information content (AvgIpc) is 2.86. The van der Waals surface area contributed by atoms with Crippen LogP contribution in [-0.2, 0) is 9.59 Å². The lowest BCUT2D eigenvalue weighted by molar-refractivity contribution is -0.134. The second-order valence-electron chi connectivity index (χ2n) is 6.29. The van der Waals surface area contributed by atoms with E-state index in [0.717, 1.165) is 38.6 Å². The summed E-state index contributed by atoms with van der Waals surface area (Å²) in [4.78, 5) is 26.1. The van der Waals surface area contributed by atoms with Gasteiger partial charge in [-0.2, -0.15) is 0 Å². The second kappa shape index (κ2) is 7.07. The van der Waals surface area contributed by atoms with Crippen molar-refractivity contribution < 1.29 is 9.59 Å². The second-order valence-corrected chi connectivity index (χ2v) is 6.29. The summed E-state index contributed by atoms with van der Waals surface area (Å²) >= 11 is 0. The van der Waals surface area contributed by atoms with E-state index < -0.39 is 0 Å². The third-order valence-electron chi connectivity index (χ3n) is 4.70. The predicted octanol–water partition coefficient (Wildman–Crippen LogP) is 0.879. The fourth-order valence-electron chi connectivity index (χ4n) is 3.43. The van der Waals surface area contributed by atoms with E-state index in [4.69, 9.17) is 5.73 Å². The highest BCUT2D eigenvalue weighted by Gasteiger charge is 2.31. The molecule has 114 valence electrons. The first kappa shape index (κ1) is 15.3. The molecule has 2 fully saturated rings. The fraction of sp³-hybridized carbons (Fsp3) is 0.867. The Hall–Kier alpha value is -1.10. The van der Waals surface area contributed by atoms with Gasteiger partial charge in [0.25, 0.3) is 0 Å². The van der Waals surface area contributed by atoms with Gasteiger partial charge in [0.15, 0.2) is 0 Å². The Morgan fingerprint density at radius 3 is 2.55 bits per heavy atom. The Morgan fingerprint density at radius 1 is 1.25 bits per heavy atom. The molecule has 2 aliphatic rings. The number of carbonyl (C=O) groups excluding carboxylic acids is 2. The molecular formula is C15H27N3O2. The van der Waals surface area contributed by atoms with E-state index in [1.807, 2.05) is 4.90 Å². The average molecular weight is 281 g/mol. The van der Waals surface area contributed by atoms with Gasteiger partial charge in [-0.1, -0.05) is 19.3 Å². The molecule has 1 aliphatic carbocycles. The van der Waals surface area contributed by atoms with Crippen LogP contribution in [0.1, 0.15) is 45.4 Å². The van der Waals surface area contributed by atoms with Gasteiger partial charge in [0.1, 0.15) is 0 Å². The maximum atomic E-state index is 12.2. The molecule has 3 N–H and O–H groups in total. The Bertz CT molecular complexity index is 353. The first-order valence-corrected chi connectivity index (χ1v) is 7.89. The van der Waals surface area contributed by atoms with Gasteiger partial charge in [0, 0.05) is 18.5 Å². The zero-order chi connectivity index (χ0) is 14.5. The molecule has 1 saturated heterocycles. The van der Waals surface area contributed by atoms with Gasteiger partial charge in [-0.15, -0.1) is 0 Å². The maximum Gasteiger partial charge on any atom is 0.242 e. The normalized spacial score (nSPS) is 27.6. The number of carbonyl (C=O) groups is 2. The summed E-state index contributed by atoms with van der Waals surface area (Å²) in [6, 6.07) is 0.239. The molecule has 0 aromatic carbocycles. The van der Waals surface area contributed by atoms with E-state index in [1.54, 1.807) is 0 Å². The smallest absolute Gasteiger partial charge is 0.242 e. The number of hydrogen-bond donors (Lipinski definition) is 2. The van der Waals surface area contributed by atoms with Crippen LogP contribution in [0, 0.1) is 11.8 Å². The molecule has 0 radical (unpaired) electrons. The van der Waals surface area contributed by atoms with E-state index in [9.17, 15) is 9.59 Å². The maximum absolute atomic E-state index is 12.2. The standard InChI is InChI=1S/C15H27N3O2/c1-11-7-12(8-16)10-18(11)14(19)9-17-15(20)13-5-3-2-4-6-13/h11-13H,2-10,16H2,1H3,(H,17,20). The highest BCUT2D eigenvalue weighted by molar-refractivity contribution is 5.86. The number of rotatable bonds is 4. The van der Waals surface area contributed by atoms with Gasteiger partial charge in [-0.3, -0.25) is 9.59 Å². The van der Waals surface area contributed by atoms with E-state index >= 15 is 0 Å². The quantitative estimate of drug-likeness (QED) is 0.803. The van der Waals surface area contributed by atoms with Crippen LogP contribution < -0.4 is 11.1 Å². The molecule has 1 aliphatic heterocycles. The molecule has 5 nitrogen and oxygen atoms in total. The first-order valence-electron chi connectivity index (χ1n) is 7.89. The van der Waals surface area contributed by atoms with E-state index in [0.29, 0.717) is 12.5 Å². The Labute approximate surface area is 121 Å². The highest BCUT2D eigenvalue weighted by atomic mass is 16.2. The van der Waals surface area contributed by atoms with E-state index in [1.165, 1.54) is 6.42 Å². The molecule has 0 aromatic rings. The van der Waals surface area contributed by atoms with Crippen LogP contribution in [0.15, 0.2) is 0 Å². The van der Waals surface area contributed by atoms with Crippen molar-refractivity contribution in [2.45, 2.75) is 51.5 Å². The van der Waals surface area contributed by atoms with Crippen LogP contribution >= 0.6 is 0 Å². The van der Waals surface area contributed by atoms with Gasteiger partial charge in [-0.05, 0) is 38.6 Å². The number of hydrogen-bond acceptors (Lipinski definition) is 3. The van der Waals surface area contributed by atoms with Crippen LogP contribution in [0.5, 0.6) is 0 Å². The number of nitrogens with zero attached hydrogens (tertiary/aromatic N) is 1. The minimum absolute atomic E-state index is 0.0256. The Morgan fingerprint density at radius 2 is 1.95 bits per heavy atom. The lowest BCUT2D eigenvalue weighted by atomic mass is 9.89. The van der Waals surface area contributed by atoms with Gasteiger partial charge in [0.2, 0.25) is 11.8 Å². The van der Waals surface area contributed by atoms with Crippen molar-refractivity contribution in [3.05, 3.63) is 0 Å². The lowest BCUT2D eigenvalue weighted by Gasteiger charge is -2.24. The number of likely N-dealkylation sites (tertiary alicyclic amines) is 1. The summed E-state index contributed by atoms with van der Waals surface area (Å²) in [6.45, 7) is 3.55. The third-order valence-corrected chi connectivity index (χ3v) is 4.70. The number of nitrogens with two attached hydrogens (primary N) is 1. The van der Waals surface area contributed by atoms with E-state index in [-0.39, 0.29) is 30.3 Å². The summed E-state index contributed by atoms with van der Waals surface area (Å²) < 4.78 is 0. The third kappa shape index (κ3) is 3.72. The molecule has 20 heavy (non-hydrogen) atoms. The summed E-state index contributed by atoms with van der Waals surface area (Å²) in [5, 5.41) is 2.82. The monoisotopic (exact) mass is 281 g/mol. The van der Waals surface area contributed by atoms with Crippen molar-refractivity contribution in [2.75, 3.05) is 19.6 Å². The van der Waals surface area contributed by atoms with Gasteiger partial charge >= 0.3 is 0 Å². The van der Waals surface area contributed by atoms with Crippen LogP contribution in [0.25, 0.3) is 0 Å². The van der Waals surface area contributed by atoms with Crippen LogP contribution in [0.2, 0.25) is 0 Å². The van der Waals surface area contributed by atoms with Gasteiger partial charge < -0.3 is 16.0 Å². The molecular weight excluding hydrogens is 254 g/mol. The minimum Gasteiger partial charge on any atom is -0.347 e. The lowest BCUT2D eigenvalue weighted by Crippen LogP contribution is -2.43. The van der Waals surface area contributed by atoms with Crippen LogP contribution in [0.4, 0.5) is 0 Å². The fourth-order valence-corrected chi connectivity index (χ4v) is 3.43. The zero-order valence-electron chi connectivity index (χ0n) is 12.4. The summed E-state index contributed by atoms with van der Waals surface area (Å²) in [5.74, 6) is 0.602. The molecule has 1 saturated carbocycles.